The summed E-state index contributed by atoms with van der Waals surface area (Å²) in [6, 6.07) is 6.77. The van der Waals surface area contributed by atoms with Gasteiger partial charge >= 0.3 is 18.0 Å². The second-order valence-corrected chi connectivity index (χ2v) is 8.62. The quantitative estimate of drug-likeness (QED) is 0.454. The Hall–Kier alpha value is -2.52. The highest BCUT2D eigenvalue weighted by Crippen LogP contribution is 2.30. The van der Waals surface area contributed by atoms with Crippen LogP contribution in [0.25, 0.3) is 0 Å². The summed E-state index contributed by atoms with van der Waals surface area (Å²) < 4.78 is 10.5. The number of ether oxygens (including phenoxy) is 2. The van der Waals surface area contributed by atoms with Gasteiger partial charge in [-0.2, -0.15) is 0 Å². The number of benzene rings is 1. The van der Waals surface area contributed by atoms with Crippen molar-refractivity contribution in [2.75, 3.05) is 39.1 Å². The Morgan fingerprint density at radius 2 is 1.88 bits per heavy atom. The van der Waals surface area contributed by atoms with E-state index in [1.54, 1.807) is 25.6 Å². The van der Waals surface area contributed by atoms with Gasteiger partial charge in [-0.3, -0.25) is 9.69 Å². The lowest BCUT2D eigenvalue weighted by atomic mass is 9.94. The zero-order chi connectivity index (χ0) is 23.1. The third-order valence-electron chi connectivity index (χ3n) is 5.61. The summed E-state index contributed by atoms with van der Waals surface area (Å²) in [5.74, 6) is -0.867. The fourth-order valence-corrected chi connectivity index (χ4v) is 4.52. The molecule has 32 heavy (non-hydrogen) atoms. The molecule has 1 fully saturated rings. The fourth-order valence-electron chi connectivity index (χ4n) is 4.11. The third-order valence-corrected chi connectivity index (χ3v) is 6.35. The molecule has 0 unspecified atom stereocenters. The fraction of sp³-hybridized carbons (Fsp3) is 0.522. The van der Waals surface area contributed by atoms with Crippen LogP contribution in [0.4, 0.5) is 4.79 Å². The Balaban J connectivity index is 1.90. The first kappa shape index (κ1) is 24.1. The van der Waals surface area contributed by atoms with E-state index in [0.29, 0.717) is 31.0 Å². The summed E-state index contributed by atoms with van der Waals surface area (Å²) in [4.78, 5) is 40.8. The lowest BCUT2D eigenvalue weighted by Gasteiger charge is -2.35. The average Bonchev–Trinajstić information content (AvgIpc) is 2.79. The summed E-state index contributed by atoms with van der Waals surface area (Å²) in [7, 11) is 0. The van der Waals surface area contributed by atoms with Crippen LogP contribution in [0.5, 0.6) is 0 Å². The van der Waals surface area contributed by atoms with Gasteiger partial charge in [0.25, 0.3) is 0 Å². The summed E-state index contributed by atoms with van der Waals surface area (Å²) in [6.07, 6.45) is 3.61. The van der Waals surface area contributed by atoms with Gasteiger partial charge in [0.05, 0.1) is 30.7 Å². The zero-order valence-electron chi connectivity index (χ0n) is 18.8. The summed E-state index contributed by atoms with van der Waals surface area (Å²) >= 11 is 1.62. The maximum atomic E-state index is 13.0. The lowest BCUT2D eigenvalue weighted by molar-refractivity contribution is -0.150. The summed E-state index contributed by atoms with van der Waals surface area (Å²) in [5, 5.41) is 5.67. The van der Waals surface area contributed by atoms with E-state index in [-0.39, 0.29) is 24.5 Å². The maximum Gasteiger partial charge on any atom is 0.338 e. The van der Waals surface area contributed by atoms with E-state index in [4.69, 9.17) is 9.47 Å². The second kappa shape index (κ2) is 11.4. The molecule has 2 atom stereocenters. The number of hydrogen-bond acceptors (Lipinski definition) is 7. The van der Waals surface area contributed by atoms with Crippen LogP contribution in [0.15, 0.2) is 40.4 Å². The highest BCUT2D eigenvalue weighted by molar-refractivity contribution is 7.98. The molecule has 174 valence electrons. The number of thioether (sulfide) groups is 1. The van der Waals surface area contributed by atoms with Crippen molar-refractivity contribution >= 4 is 29.7 Å². The minimum atomic E-state index is -0.612. The Kier molecular flexibility index (Phi) is 8.58. The monoisotopic (exact) mass is 461 g/mol. The number of piperidine rings is 1. The number of urea groups is 1. The molecule has 3 rings (SSSR count). The van der Waals surface area contributed by atoms with Crippen LogP contribution in [-0.2, 0) is 19.1 Å². The number of carbonyl (C=O) groups is 3. The van der Waals surface area contributed by atoms with Crippen molar-refractivity contribution in [3.63, 3.8) is 0 Å². The van der Waals surface area contributed by atoms with Gasteiger partial charge in [-0.15, -0.1) is 11.8 Å². The first-order valence-corrected chi connectivity index (χ1v) is 12.2. The molecule has 2 amide bonds. The molecule has 0 saturated carbocycles. The Labute approximate surface area is 193 Å². The van der Waals surface area contributed by atoms with Crippen LogP contribution in [-0.4, -0.2) is 62.0 Å². The molecular weight excluding hydrogens is 430 g/mol. The lowest BCUT2D eigenvalue weighted by Crippen LogP contribution is -2.50. The molecule has 2 aliphatic heterocycles. The number of nitrogens with zero attached hydrogens (tertiary/aromatic N) is 1. The number of esters is 2. The Morgan fingerprint density at radius 1 is 1.16 bits per heavy atom. The smallest absolute Gasteiger partial charge is 0.338 e. The van der Waals surface area contributed by atoms with Crippen molar-refractivity contribution in [1.29, 1.82) is 0 Å². The summed E-state index contributed by atoms with van der Waals surface area (Å²) in [6.45, 7) is 5.77. The van der Waals surface area contributed by atoms with Crippen molar-refractivity contribution in [3.8, 4) is 0 Å². The molecule has 2 N–H and O–H groups in total. The predicted octanol–water partition coefficient (Wildman–Crippen LogP) is 2.85. The number of rotatable bonds is 8. The number of hydrogen-bond donors (Lipinski definition) is 2. The van der Waals surface area contributed by atoms with Gasteiger partial charge in [0, 0.05) is 23.7 Å². The zero-order valence-corrected chi connectivity index (χ0v) is 19.6. The van der Waals surface area contributed by atoms with Gasteiger partial charge in [-0.05, 0) is 57.2 Å². The van der Waals surface area contributed by atoms with E-state index < -0.39 is 12.0 Å². The molecule has 0 spiro atoms. The van der Waals surface area contributed by atoms with Crippen molar-refractivity contribution in [2.24, 2.45) is 5.92 Å². The summed E-state index contributed by atoms with van der Waals surface area (Å²) in [5.41, 5.74) is 1.71. The van der Waals surface area contributed by atoms with Crippen LogP contribution in [0, 0.1) is 5.92 Å². The van der Waals surface area contributed by atoms with E-state index in [1.807, 2.05) is 30.5 Å². The maximum absolute atomic E-state index is 13.0. The number of likely N-dealkylation sites (tertiary alicyclic amines) is 1. The molecule has 1 aromatic carbocycles. The van der Waals surface area contributed by atoms with Crippen molar-refractivity contribution < 1.29 is 23.9 Å². The van der Waals surface area contributed by atoms with E-state index in [2.05, 4.69) is 15.5 Å². The molecule has 2 heterocycles. The van der Waals surface area contributed by atoms with Gasteiger partial charge in [-0.25, -0.2) is 9.59 Å². The van der Waals surface area contributed by atoms with Crippen LogP contribution < -0.4 is 10.6 Å². The van der Waals surface area contributed by atoms with E-state index in [9.17, 15) is 14.4 Å². The third kappa shape index (κ3) is 5.83. The molecule has 0 bridgehead atoms. The first-order chi connectivity index (χ1) is 15.5. The van der Waals surface area contributed by atoms with Gasteiger partial charge in [0.2, 0.25) is 0 Å². The van der Waals surface area contributed by atoms with Gasteiger partial charge in [0.15, 0.2) is 0 Å². The van der Waals surface area contributed by atoms with Gasteiger partial charge < -0.3 is 20.1 Å². The van der Waals surface area contributed by atoms with Gasteiger partial charge in [0.1, 0.15) is 0 Å². The molecule has 0 aliphatic carbocycles. The normalized spacial score (nSPS) is 21.5. The molecule has 1 aromatic rings. The van der Waals surface area contributed by atoms with E-state index in [0.717, 1.165) is 29.8 Å². The standard InChI is InChI=1S/C23H31N3O5S/c1-4-30-21(27)16-7-6-12-26(13-16)14-18-19(22(28)31-5-2)20(25-23(29)24-18)15-8-10-17(32-3)11-9-15/h8-11,16,20H,4-7,12-14H2,1-3H3,(H2,24,25,29)/t16-,20-/m0/s1. The SMILES string of the molecule is CCOC(=O)C1=C(CN2CCC[C@H](C(=O)OCC)C2)NC(=O)N[C@H]1c1ccc(SC)cc1. The topological polar surface area (TPSA) is 97.0 Å². The highest BCUT2D eigenvalue weighted by Gasteiger charge is 2.35. The molecular formula is C23H31N3O5S. The highest BCUT2D eigenvalue weighted by atomic mass is 32.2. The minimum absolute atomic E-state index is 0.196. The van der Waals surface area contributed by atoms with E-state index >= 15 is 0 Å². The van der Waals surface area contributed by atoms with E-state index in [1.165, 1.54) is 0 Å². The van der Waals surface area contributed by atoms with Crippen LogP contribution in [0.1, 0.15) is 38.3 Å². The molecule has 0 aromatic heterocycles. The second-order valence-electron chi connectivity index (χ2n) is 7.74. The van der Waals surface area contributed by atoms with Crippen molar-refractivity contribution in [2.45, 2.75) is 37.6 Å². The average molecular weight is 462 g/mol. The largest absolute Gasteiger partial charge is 0.466 e. The number of nitrogens with one attached hydrogen (secondary N) is 2. The Morgan fingerprint density at radius 3 is 2.53 bits per heavy atom. The predicted molar refractivity (Wildman–Crippen MR) is 122 cm³/mol. The van der Waals surface area contributed by atoms with Crippen LogP contribution in [0.3, 0.4) is 0 Å². The molecule has 9 heteroatoms. The van der Waals surface area contributed by atoms with Crippen molar-refractivity contribution in [1.82, 2.24) is 15.5 Å². The Bertz CT molecular complexity index is 871. The van der Waals surface area contributed by atoms with Crippen LogP contribution >= 0.6 is 11.8 Å². The molecule has 2 aliphatic rings. The number of carbonyl (C=O) groups excluding carboxylic acids is 3. The van der Waals surface area contributed by atoms with Gasteiger partial charge in [-0.1, -0.05) is 12.1 Å². The molecule has 1 saturated heterocycles. The number of amides is 2. The molecule has 0 radical (unpaired) electrons. The first-order valence-electron chi connectivity index (χ1n) is 11.0. The molecule has 8 nitrogen and oxygen atoms in total. The van der Waals surface area contributed by atoms with Crippen LogP contribution in [0.2, 0.25) is 0 Å². The minimum Gasteiger partial charge on any atom is -0.466 e. The van der Waals surface area contributed by atoms with Crippen molar-refractivity contribution in [3.05, 3.63) is 41.1 Å².